The molecule has 0 aliphatic carbocycles. The summed E-state index contributed by atoms with van der Waals surface area (Å²) < 4.78 is 0. The van der Waals surface area contributed by atoms with Gasteiger partial charge >= 0.3 is 0 Å². The first-order valence-electron chi connectivity index (χ1n) is 8.54. The Kier molecular flexibility index (Phi) is 6.80. The second-order valence-electron chi connectivity index (χ2n) is 5.98. The summed E-state index contributed by atoms with van der Waals surface area (Å²) >= 11 is 0. The van der Waals surface area contributed by atoms with Crippen molar-refractivity contribution in [2.75, 3.05) is 64.3 Å². The number of hydrogen-bond acceptors (Lipinski definition) is 5. The minimum absolute atomic E-state index is 0.0186. The summed E-state index contributed by atoms with van der Waals surface area (Å²) in [5.41, 5.74) is 0.688. The third kappa shape index (κ3) is 5.18. The molecule has 1 fully saturated rings. The molecule has 1 N–H and O–H groups in total. The molecule has 1 aliphatic rings. The predicted molar refractivity (Wildman–Crippen MR) is 94.1 cm³/mol. The van der Waals surface area contributed by atoms with Crippen molar-refractivity contribution < 1.29 is 4.79 Å². The Bertz CT molecular complexity index is 496. The normalized spacial score (nSPS) is 15.9. The first kappa shape index (κ1) is 17.7. The van der Waals surface area contributed by atoms with E-state index in [0.717, 1.165) is 51.6 Å². The third-order valence-electron chi connectivity index (χ3n) is 4.44. The second kappa shape index (κ2) is 8.84. The van der Waals surface area contributed by atoms with E-state index in [0.29, 0.717) is 12.1 Å². The number of carbonyl (C=O) groups is 1. The maximum atomic E-state index is 12.3. The van der Waals surface area contributed by atoms with E-state index in [-0.39, 0.29) is 5.91 Å². The van der Waals surface area contributed by atoms with Crippen LogP contribution in [-0.4, -0.2) is 80.1 Å². The van der Waals surface area contributed by atoms with Gasteiger partial charge in [0.1, 0.15) is 5.82 Å². The Morgan fingerprint density at radius 1 is 1.26 bits per heavy atom. The monoisotopic (exact) mass is 319 g/mol. The topological polar surface area (TPSA) is 51.7 Å². The lowest BCUT2D eigenvalue weighted by molar-refractivity contribution is 0.0949. The Balaban J connectivity index is 1.89. The highest BCUT2D eigenvalue weighted by molar-refractivity contribution is 5.94. The fraction of sp³-hybridized carbons (Fsp3) is 0.647. The zero-order chi connectivity index (χ0) is 16.7. The van der Waals surface area contributed by atoms with Crippen molar-refractivity contribution in [1.82, 2.24) is 20.1 Å². The number of pyridine rings is 1. The Labute approximate surface area is 139 Å². The average molecular weight is 319 g/mol. The molecule has 0 unspecified atom stereocenters. The lowest BCUT2D eigenvalue weighted by atomic mass is 10.2. The minimum Gasteiger partial charge on any atom is -0.354 e. The van der Waals surface area contributed by atoms with Crippen molar-refractivity contribution in [3.05, 3.63) is 23.9 Å². The smallest absolute Gasteiger partial charge is 0.251 e. The number of amides is 1. The van der Waals surface area contributed by atoms with Gasteiger partial charge in [-0.25, -0.2) is 4.98 Å². The third-order valence-corrected chi connectivity index (χ3v) is 4.44. The fourth-order valence-corrected chi connectivity index (χ4v) is 2.74. The first-order valence-corrected chi connectivity index (χ1v) is 8.54. The number of aromatic nitrogens is 1. The van der Waals surface area contributed by atoms with E-state index >= 15 is 0 Å². The number of nitrogens with zero attached hydrogens (tertiary/aromatic N) is 4. The van der Waals surface area contributed by atoms with Gasteiger partial charge in [-0.2, -0.15) is 0 Å². The Morgan fingerprint density at radius 3 is 2.61 bits per heavy atom. The van der Waals surface area contributed by atoms with Gasteiger partial charge in [0, 0.05) is 51.0 Å². The molecule has 6 heteroatoms. The van der Waals surface area contributed by atoms with Gasteiger partial charge in [-0.3, -0.25) is 4.79 Å². The van der Waals surface area contributed by atoms with E-state index in [9.17, 15) is 4.79 Å². The number of carbonyl (C=O) groups excluding carboxylic acids is 1. The standard InChI is InChI=1S/C17H29N5O/c1-4-21(5-2)9-8-19-17(23)15-6-7-18-16(14-15)22-12-10-20(3)11-13-22/h6-7,14H,4-5,8-13H2,1-3H3,(H,19,23). The Morgan fingerprint density at radius 2 is 1.96 bits per heavy atom. The molecular weight excluding hydrogens is 290 g/mol. The zero-order valence-electron chi connectivity index (χ0n) is 14.6. The SMILES string of the molecule is CCN(CC)CCNC(=O)c1ccnc(N2CCN(C)CC2)c1. The van der Waals surface area contributed by atoms with Gasteiger partial charge in [-0.05, 0) is 32.3 Å². The lowest BCUT2D eigenvalue weighted by Crippen LogP contribution is -2.44. The highest BCUT2D eigenvalue weighted by Gasteiger charge is 2.16. The molecule has 0 bridgehead atoms. The average Bonchev–Trinajstić information content (AvgIpc) is 2.59. The molecule has 1 aliphatic heterocycles. The number of likely N-dealkylation sites (N-methyl/N-ethyl adjacent to an activating group) is 2. The van der Waals surface area contributed by atoms with E-state index in [1.807, 2.05) is 6.07 Å². The van der Waals surface area contributed by atoms with Crippen LogP contribution < -0.4 is 10.2 Å². The molecule has 1 amide bonds. The van der Waals surface area contributed by atoms with Crippen LogP contribution in [0.3, 0.4) is 0 Å². The summed E-state index contributed by atoms with van der Waals surface area (Å²) in [6.07, 6.45) is 1.73. The molecule has 0 aromatic carbocycles. The van der Waals surface area contributed by atoms with Crippen LogP contribution >= 0.6 is 0 Å². The Hall–Kier alpha value is -1.66. The van der Waals surface area contributed by atoms with E-state index in [2.05, 4.69) is 45.9 Å². The van der Waals surface area contributed by atoms with Crippen molar-refractivity contribution in [3.8, 4) is 0 Å². The highest BCUT2D eigenvalue weighted by atomic mass is 16.1. The maximum Gasteiger partial charge on any atom is 0.251 e. The van der Waals surface area contributed by atoms with E-state index in [1.165, 1.54) is 0 Å². The van der Waals surface area contributed by atoms with E-state index in [1.54, 1.807) is 12.3 Å². The molecule has 1 aromatic rings. The summed E-state index contributed by atoms with van der Waals surface area (Å²) in [6.45, 7) is 11.8. The van der Waals surface area contributed by atoms with Crippen LogP contribution in [0.2, 0.25) is 0 Å². The zero-order valence-corrected chi connectivity index (χ0v) is 14.6. The van der Waals surface area contributed by atoms with Gasteiger partial charge in [-0.1, -0.05) is 13.8 Å². The maximum absolute atomic E-state index is 12.3. The van der Waals surface area contributed by atoms with Crippen molar-refractivity contribution in [3.63, 3.8) is 0 Å². The van der Waals surface area contributed by atoms with Crippen molar-refractivity contribution in [2.24, 2.45) is 0 Å². The lowest BCUT2D eigenvalue weighted by Gasteiger charge is -2.33. The van der Waals surface area contributed by atoms with Gasteiger partial charge in [0.2, 0.25) is 0 Å². The molecule has 2 heterocycles. The summed E-state index contributed by atoms with van der Waals surface area (Å²) in [5, 5.41) is 3.00. The largest absolute Gasteiger partial charge is 0.354 e. The van der Waals surface area contributed by atoms with Gasteiger partial charge in [0.25, 0.3) is 5.91 Å². The molecule has 0 atom stereocenters. The molecule has 0 saturated carbocycles. The van der Waals surface area contributed by atoms with Crippen LogP contribution in [0.1, 0.15) is 24.2 Å². The predicted octanol–water partition coefficient (Wildman–Crippen LogP) is 0.905. The second-order valence-corrected chi connectivity index (χ2v) is 5.98. The quantitative estimate of drug-likeness (QED) is 0.809. The molecule has 128 valence electrons. The molecule has 6 nitrogen and oxygen atoms in total. The molecule has 1 saturated heterocycles. The molecule has 23 heavy (non-hydrogen) atoms. The summed E-state index contributed by atoms with van der Waals surface area (Å²) in [6, 6.07) is 3.68. The van der Waals surface area contributed by atoms with E-state index < -0.39 is 0 Å². The van der Waals surface area contributed by atoms with Gasteiger partial charge in [0.05, 0.1) is 0 Å². The number of hydrogen-bond donors (Lipinski definition) is 1. The number of nitrogens with one attached hydrogen (secondary N) is 1. The fourth-order valence-electron chi connectivity index (χ4n) is 2.74. The number of anilines is 1. The number of rotatable bonds is 7. The van der Waals surface area contributed by atoms with E-state index in [4.69, 9.17) is 0 Å². The molecule has 1 aromatic heterocycles. The number of piperazine rings is 1. The highest BCUT2D eigenvalue weighted by Crippen LogP contribution is 2.14. The van der Waals surface area contributed by atoms with Crippen LogP contribution in [0.25, 0.3) is 0 Å². The van der Waals surface area contributed by atoms with Crippen molar-refractivity contribution >= 4 is 11.7 Å². The van der Waals surface area contributed by atoms with Crippen molar-refractivity contribution in [1.29, 1.82) is 0 Å². The summed E-state index contributed by atoms with van der Waals surface area (Å²) in [5.74, 6) is 0.879. The minimum atomic E-state index is -0.0186. The van der Waals surface area contributed by atoms with Crippen LogP contribution in [0.4, 0.5) is 5.82 Å². The van der Waals surface area contributed by atoms with Gasteiger partial charge in [0.15, 0.2) is 0 Å². The van der Waals surface area contributed by atoms with Crippen molar-refractivity contribution in [2.45, 2.75) is 13.8 Å². The summed E-state index contributed by atoms with van der Waals surface area (Å²) in [4.78, 5) is 23.6. The first-order chi connectivity index (χ1) is 11.1. The van der Waals surface area contributed by atoms with Crippen LogP contribution in [0.15, 0.2) is 18.3 Å². The molecule has 2 rings (SSSR count). The molecule has 0 spiro atoms. The summed E-state index contributed by atoms with van der Waals surface area (Å²) in [7, 11) is 2.13. The van der Waals surface area contributed by atoms with Crippen LogP contribution in [0, 0.1) is 0 Å². The van der Waals surface area contributed by atoms with Gasteiger partial charge < -0.3 is 20.0 Å². The van der Waals surface area contributed by atoms with Crippen LogP contribution in [-0.2, 0) is 0 Å². The molecular formula is C17H29N5O. The molecule has 0 radical (unpaired) electrons. The van der Waals surface area contributed by atoms with Gasteiger partial charge in [-0.15, -0.1) is 0 Å². The van der Waals surface area contributed by atoms with Crippen LogP contribution in [0.5, 0.6) is 0 Å².